The normalized spacial score (nSPS) is 20.2. The average molecular weight is 702 g/mol. The van der Waals surface area contributed by atoms with E-state index in [1.807, 2.05) is 31.2 Å². The maximum atomic E-state index is 14.9. The number of halogens is 2. The number of ether oxygens (including phenoxy) is 2. The van der Waals surface area contributed by atoms with E-state index in [2.05, 4.69) is 54.2 Å². The van der Waals surface area contributed by atoms with Crippen LogP contribution in [0.25, 0.3) is 5.69 Å². The highest BCUT2D eigenvalue weighted by molar-refractivity contribution is 7.98. The zero-order chi connectivity index (χ0) is 34.7. The van der Waals surface area contributed by atoms with Crippen LogP contribution in [0.2, 0.25) is 0 Å². The average Bonchev–Trinajstić information content (AvgIpc) is 3.89. The van der Waals surface area contributed by atoms with Crippen LogP contribution in [0.1, 0.15) is 24.1 Å². The first-order valence-electron chi connectivity index (χ1n) is 16.3. The molecule has 2 aliphatic rings. The Morgan fingerprint density at radius 1 is 0.960 bits per heavy atom. The van der Waals surface area contributed by atoms with Gasteiger partial charge in [-0.3, -0.25) is 4.99 Å². The van der Waals surface area contributed by atoms with Crippen molar-refractivity contribution in [1.82, 2.24) is 29.1 Å². The predicted octanol–water partition coefficient (Wildman–Crippen LogP) is 4.65. The Balaban J connectivity index is 0.923. The summed E-state index contributed by atoms with van der Waals surface area (Å²) in [6.07, 6.45) is 6.16. The monoisotopic (exact) mass is 701 g/mol. The first-order valence-corrected chi connectivity index (χ1v) is 17.3. The number of piperazine rings is 1. The van der Waals surface area contributed by atoms with Gasteiger partial charge >= 0.3 is 5.69 Å². The molecular weight excluding hydrogens is 665 g/mol. The summed E-state index contributed by atoms with van der Waals surface area (Å²) < 4.78 is 45.4. The number of hydrogen-bond donors (Lipinski definition) is 0. The highest BCUT2D eigenvalue weighted by Crippen LogP contribution is 2.41. The summed E-state index contributed by atoms with van der Waals surface area (Å²) in [6.45, 7) is 5.60. The summed E-state index contributed by atoms with van der Waals surface area (Å²) >= 11 is 1.46. The zero-order valence-electron chi connectivity index (χ0n) is 27.7. The van der Waals surface area contributed by atoms with Gasteiger partial charge in [-0.2, -0.15) is 10.2 Å². The summed E-state index contributed by atoms with van der Waals surface area (Å²) in [7, 11) is 1.68. The molecule has 7 rings (SSSR count). The number of aromatic nitrogens is 6. The third kappa shape index (κ3) is 7.06. The van der Waals surface area contributed by atoms with Crippen LogP contribution in [0.4, 0.5) is 20.2 Å². The van der Waals surface area contributed by atoms with Gasteiger partial charge < -0.3 is 19.3 Å². The van der Waals surface area contributed by atoms with Crippen molar-refractivity contribution in [3.05, 3.63) is 119 Å². The van der Waals surface area contributed by atoms with Crippen molar-refractivity contribution in [3.8, 4) is 5.69 Å². The van der Waals surface area contributed by atoms with E-state index in [4.69, 9.17) is 9.47 Å². The first kappa shape index (κ1) is 33.6. The molecule has 50 heavy (non-hydrogen) atoms. The van der Waals surface area contributed by atoms with E-state index in [9.17, 15) is 13.6 Å². The van der Waals surface area contributed by atoms with Crippen molar-refractivity contribution in [3.63, 3.8) is 0 Å². The standard InChI is InChI=1S/C35H37F2N9O3S/c1-25(18-38-2)46-33(47)45(24-41-46)30-10-8-29(9-11-30)43-15-13-42(14-16-43)28-6-3-26(4-7-28)19-50-34-48-21-35(49-34,20-44-23-39-22-40-44)31-12-5-27(36)17-32(31)37/h3-12,17-18,22-25,34H,13-16,19-21H2,1-2H3. The number of anilines is 2. The summed E-state index contributed by atoms with van der Waals surface area (Å²) in [5.74, 6) is -0.726. The van der Waals surface area contributed by atoms with Crippen molar-refractivity contribution < 1.29 is 18.3 Å². The van der Waals surface area contributed by atoms with Gasteiger partial charge in [-0.05, 0) is 55.0 Å². The van der Waals surface area contributed by atoms with E-state index in [0.717, 1.165) is 54.9 Å². The molecule has 2 fully saturated rings. The Labute approximate surface area is 292 Å². The van der Waals surface area contributed by atoms with E-state index in [1.54, 1.807) is 28.8 Å². The molecule has 0 aliphatic carbocycles. The fraction of sp³-hybridized carbons (Fsp3) is 0.343. The van der Waals surface area contributed by atoms with Crippen LogP contribution >= 0.6 is 11.8 Å². The van der Waals surface area contributed by atoms with Gasteiger partial charge in [-0.25, -0.2) is 32.5 Å². The molecule has 4 heterocycles. The molecular formula is C35H37F2N9O3S. The Hall–Kier alpha value is -4.86. The first-order chi connectivity index (χ1) is 24.3. The summed E-state index contributed by atoms with van der Waals surface area (Å²) in [6, 6.07) is 19.7. The van der Waals surface area contributed by atoms with Crippen LogP contribution in [0.15, 0.2) is 95.5 Å². The highest BCUT2D eigenvalue weighted by atomic mass is 32.2. The van der Waals surface area contributed by atoms with Crippen molar-refractivity contribution in [2.45, 2.75) is 36.5 Å². The molecule has 12 nitrogen and oxygen atoms in total. The van der Waals surface area contributed by atoms with Gasteiger partial charge in [0.1, 0.15) is 36.2 Å². The number of nitrogens with zero attached hydrogens (tertiary/aromatic N) is 9. The number of rotatable bonds is 11. The van der Waals surface area contributed by atoms with Crippen LogP contribution in [0, 0.1) is 11.6 Å². The van der Waals surface area contributed by atoms with Gasteiger partial charge in [0, 0.05) is 68.2 Å². The summed E-state index contributed by atoms with van der Waals surface area (Å²) in [5, 5.41) is 8.40. The molecule has 5 aromatic rings. The number of thioether (sulfide) groups is 1. The van der Waals surface area contributed by atoms with Gasteiger partial charge in [0.2, 0.25) is 5.62 Å². The minimum Gasteiger partial charge on any atom is -0.368 e. The van der Waals surface area contributed by atoms with E-state index >= 15 is 0 Å². The Morgan fingerprint density at radius 2 is 1.64 bits per heavy atom. The molecule has 3 unspecified atom stereocenters. The molecule has 2 aliphatic heterocycles. The molecule has 2 aromatic heterocycles. The Kier molecular flexibility index (Phi) is 9.79. The van der Waals surface area contributed by atoms with Gasteiger partial charge in [-0.1, -0.05) is 30.0 Å². The zero-order valence-corrected chi connectivity index (χ0v) is 28.5. The lowest BCUT2D eigenvalue weighted by atomic mass is 9.94. The lowest BCUT2D eigenvalue weighted by Crippen LogP contribution is -2.46. The third-order valence-corrected chi connectivity index (χ3v) is 9.99. The number of hydrogen-bond acceptors (Lipinski definition) is 10. The Morgan fingerprint density at radius 3 is 2.28 bits per heavy atom. The second-order valence-electron chi connectivity index (χ2n) is 12.3. The lowest BCUT2D eigenvalue weighted by Gasteiger charge is -2.37. The van der Waals surface area contributed by atoms with Crippen LogP contribution in [0.3, 0.4) is 0 Å². The molecule has 0 bridgehead atoms. The third-order valence-electron chi connectivity index (χ3n) is 8.98. The maximum Gasteiger partial charge on any atom is 0.350 e. The predicted molar refractivity (Wildman–Crippen MR) is 188 cm³/mol. The van der Waals surface area contributed by atoms with E-state index in [1.165, 1.54) is 41.2 Å². The number of benzene rings is 3. The molecule has 0 spiro atoms. The van der Waals surface area contributed by atoms with E-state index in [0.29, 0.717) is 5.75 Å². The molecule has 0 amide bonds. The Bertz CT molecular complexity index is 1980. The van der Waals surface area contributed by atoms with E-state index < -0.39 is 22.9 Å². The fourth-order valence-corrected chi connectivity index (χ4v) is 7.28. The minimum atomic E-state index is -1.18. The van der Waals surface area contributed by atoms with Crippen molar-refractivity contribution in [2.24, 2.45) is 4.99 Å². The largest absolute Gasteiger partial charge is 0.368 e. The minimum absolute atomic E-state index is 0.0857. The second-order valence-corrected chi connectivity index (χ2v) is 13.3. The van der Waals surface area contributed by atoms with Crippen molar-refractivity contribution >= 4 is 29.4 Å². The SMILES string of the molecule is CN=CC(C)n1ncn(-c2ccc(N3CCN(c4ccc(CSC5OCC(Cn6cncn6)(c6ccc(F)cc6F)O5)cc4)CC3)cc2)c1=O. The van der Waals surface area contributed by atoms with Gasteiger partial charge in [0.15, 0.2) is 0 Å². The molecule has 260 valence electrons. The summed E-state index contributed by atoms with van der Waals surface area (Å²) in [5.41, 5.74) is 2.31. The second kappa shape index (κ2) is 14.5. The molecule has 15 heteroatoms. The molecule has 0 radical (unpaired) electrons. The smallest absolute Gasteiger partial charge is 0.350 e. The maximum absolute atomic E-state index is 14.9. The van der Waals surface area contributed by atoms with Crippen LogP contribution in [-0.2, 0) is 27.4 Å². The van der Waals surface area contributed by atoms with Gasteiger partial charge in [0.25, 0.3) is 0 Å². The molecule has 2 saturated heterocycles. The van der Waals surface area contributed by atoms with E-state index in [-0.39, 0.29) is 30.4 Å². The van der Waals surface area contributed by atoms with Gasteiger partial charge in [0.05, 0.1) is 24.9 Å². The quantitative estimate of drug-likeness (QED) is 0.182. The topological polar surface area (TPSA) is 108 Å². The van der Waals surface area contributed by atoms with Gasteiger partial charge in [-0.15, -0.1) is 0 Å². The van der Waals surface area contributed by atoms with Crippen LogP contribution < -0.4 is 15.5 Å². The molecule has 3 aromatic carbocycles. The molecule has 0 saturated carbocycles. The highest BCUT2D eigenvalue weighted by Gasteiger charge is 2.45. The van der Waals surface area contributed by atoms with Crippen LogP contribution in [0.5, 0.6) is 0 Å². The molecule has 0 N–H and O–H groups in total. The molecule has 3 atom stereocenters. The number of aliphatic imine (C=N–C) groups is 1. The van der Waals surface area contributed by atoms with Crippen LogP contribution in [-0.4, -0.2) is 80.8 Å². The summed E-state index contributed by atoms with van der Waals surface area (Å²) in [4.78, 5) is 25.5. The fourth-order valence-electron chi connectivity index (χ4n) is 6.35. The lowest BCUT2D eigenvalue weighted by molar-refractivity contribution is -0.0470. The van der Waals surface area contributed by atoms with Crippen molar-refractivity contribution in [1.29, 1.82) is 0 Å². The van der Waals surface area contributed by atoms with Crippen molar-refractivity contribution in [2.75, 3.05) is 49.6 Å².